The smallest absolute Gasteiger partial charge is 0.220 e. The molecule has 0 aromatic rings. The molecule has 0 bridgehead atoms. The van der Waals surface area contributed by atoms with Gasteiger partial charge in [-0.3, -0.25) is 4.79 Å². The second-order valence-corrected chi connectivity index (χ2v) is 4.38. The van der Waals surface area contributed by atoms with Gasteiger partial charge < -0.3 is 10.1 Å². The molecule has 84 valence electrons. The fourth-order valence-electron chi connectivity index (χ4n) is 0.858. The Kier molecular flexibility index (Phi) is 9.40. The molecule has 1 amide bonds. The van der Waals surface area contributed by atoms with Crippen LogP contribution in [0.2, 0.25) is 0 Å². The van der Waals surface area contributed by atoms with Crippen LogP contribution in [0.25, 0.3) is 0 Å². The summed E-state index contributed by atoms with van der Waals surface area (Å²) >= 11 is 3.21. The zero-order valence-corrected chi connectivity index (χ0v) is 10.6. The van der Waals surface area contributed by atoms with Crippen molar-refractivity contribution in [3.8, 4) is 0 Å². The summed E-state index contributed by atoms with van der Waals surface area (Å²) in [6, 6.07) is 0. The highest BCUT2D eigenvalue weighted by atomic mass is 79.9. The number of nitrogens with one attached hydrogen (secondary N) is 1. The van der Waals surface area contributed by atoms with E-state index in [1.165, 1.54) is 0 Å². The Hall–Kier alpha value is -0.0900. The van der Waals surface area contributed by atoms with E-state index in [-0.39, 0.29) is 5.91 Å². The summed E-state index contributed by atoms with van der Waals surface area (Å²) in [5, 5.41) is 3.49. The molecule has 14 heavy (non-hydrogen) atoms. The lowest BCUT2D eigenvalue weighted by atomic mass is 10.1. The van der Waals surface area contributed by atoms with E-state index in [2.05, 4.69) is 35.1 Å². The van der Waals surface area contributed by atoms with Gasteiger partial charge in [0.2, 0.25) is 5.91 Å². The van der Waals surface area contributed by atoms with Crippen molar-refractivity contribution >= 4 is 21.8 Å². The van der Waals surface area contributed by atoms with Gasteiger partial charge >= 0.3 is 0 Å². The first-order valence-corrected chi connectivity index (χ1v) is 6.19. The number of carbonyl (C=O) groups excluding carboxylic acids is 1. The number of alkyl halides is 1. The Bertz CT molecular complexity index is 151. The second kappa shape index (κ2) is 9.46. The highest BCUT2D eigenvalue weighted by molar-refractivity contribution is 9.09. The maximum atomic E-state index is 11.0. The lowest BCUT2D eigenvalue weighted by molar-refractivity contribution is -0.120. The average molecular weight is 266 g/mol. The summed E-state index contributed by atoms with van der Waals surface area (Å²) in [6.07, 6.45) is 1.61. The van der Waals surface area contributed by atoms with Gasteiger partial charge in [-0.1, -0.05) is 29.8 Å². The highest BCUT2D eigenvalue weighted by Gasteiger charge is 1.98. The number of ether oxygens (including phenoxy) is 1. The van der Waals surface area contributed by atoms with E-state index in [1.54, 1.807) is 0 Å². The Morgan fingerprint density at radius 1 is 1.43 bits per heavy atom. The topological polar surface area (TPSA) is 38.3 Å². The number of halogens is 1. The largest absolute Gasteiger partial charge is 0.380 e. The number of hydrogen-bond donors (Lipinski definition) is 1. The maximum Gasteiger partial charge on any atom is 0.220 e. The zero-order chi connectivity index (χ0) is 10.8. The van der Waals surface area contributed by atoms with Gasteiger partial charge in [-0.2, -0.15) is 0 Å². The molecule has 0 atom stereocenters. The van der Waals surface area contributed by atoms with Crippen molar-refractivity contribution in [2.75, 3.05) is 25.1 Å². The number of rotatable bonds is 8. The van der Waals surface area contributed by atoms with Crippen LogP contribution in [0.5, 0.6) is 0 Å². The van der Waals surface area contributed by atoms with Crippen LogP contribution in [0.1, 0.15) is 26.7 Å². The standard InChI is InChI=1S/C10H20BrNO2/c1-9(2)4-7-14-8-6-12-10(13)3-5-11/h9H,3-8H2,1-2H3,(H,12,13). The summed E-state index contributed by atoms with van der Waals surface area (Å²) in [6.45, 7) is 6.35. The van der Waals surface area contributed by atoms with Gasteiger partial charge in [0.1, 0.15) is 0 Å². The molecule has 1 N–H and O–H groups in total. The van der Waals surface area contributed by atoms with E-state index < -0.39 is 0 Å². The number of hydrogen-bond acceptors (Lipinski definition) is 2. The van der Waals surface area contributed by atoms with Crippen molar-refractivity contribution in [3.05, 3.63) is 0 Å². The molecule has 0 saturated heterocycles. The van der Waals surface area contributed by atoms with Gasteiger partial charge in [-0.05, 0) is 12.3 Å². The van der Waals surface area contributed by atoms with E-state index >= 15 is 0 Å². The summed E-state index contributed by atoms with van der Waals surface area (Å²) in [5.41, 5.74) is 0. The second-order valence-electron chi connectivity index (χ2n) is 3.58. The zero-order valence-electron chi connectivity index (χ0n) is 9.01. The molecular weight excluding hydrogens is 246 g/mol. The lowest BCUT2D eigenvalue weighted by Gasteiger charge is -2.07. The van der Waals surface area contributed by atoms with Crippen molar-refractivity contribution in [1.29, 1.82) is 0 Å². The van der Waals surface area contributed by atoms with E-state index in [1.807, 2.05) is 0 Å². The van der Waals surface area contributed by atoms with Crippen molar-refractivity contribution in [2.24, 2.45) is 5.92 Å². The average Bonchev–Trinajstić information content (AvgIpc) is 2.11. The monoisotopic (exact) mass is 265 g/mol. The molecule has 0 heterocycles. The molecule has 0 rings (SSSR count). The molecule has 0 saturated carbocycles. The fraction of sp³-hybridized carbons (Fsp3) is 0.900. The molecule has 0 fully saturated rings. The minimum atomic E-state index is 0.0781. The molecule has 0 spiro atoms. The van der Waals surface area contributed by atoms with Crippen molar-refractivity contribution in [3.63, 3.8) is 0 Å². The van der Waals surface area contributed by atoms with Crippen LogP contribution >= 0.6 is 15.9 Å². The van der Waals surface area contributed by atoms with Crippen LogP contribution in [-0.4, -0.2) is 31.0 Å². The van der Waals surface area contributed by atoms with E-state index in [0.29, 0.717) is 30.8 Å². The van der Waals surface area contributed by atoms with Gasteiger partial charge in [0.05, 0.1) is 6.61 Å². The quantitative estimate of drug-likeness (QED) is 0.538. The van der Waals surface area contributed by atoms with Crippen LogP contribution in [0.4, 0.5) is 0 Å². The third-order valence-electron chi connectivity index (χ3n) is 1.73. The van der Waals surface area contributed by atoms with Crippen molar-refractivity contribution in [2.45, 2.75) is 26.7 Å². The minimum Gasteiger partial charge on any atom is -0.380 e. The summed E-state index contributed by atoms with van der Waals surface area (Å²) in [5.74, 6) is 0.757. The van der Waals surface area contributed by atoms with Crippen LogP contribution in [0.15, 0.2) is 0 Å². The molecular formula is C10H20BrNO2. The van der Waals surface area contributed by atoms with Crippen molar-refractivity contribution in [1.82, 2.24) is 5.32 Å². The third kappa shape index (κ3) is 9.99. The van der Waals surface area contributed by atoms with Gasteiger partial charge in [0.25, 0.3) is 0 Å². The molecule has 3 nitrogen and oxygen atoms in total. The molecule has 0 unspecified atom stereocenters. The van der Waals surface area contributed by atoms with Gasteiger partial charge in [-0.25, -0.2) is 0 Å². The SMILES string of the molecule is CC(C)CCOCCNC(=O)CCBr. The van der Waals surface area contributed by atoms with Gasteiger partial charge in [0, 0.05) is 24.9 Å². The Morgan fingerprint density at radius 2 is 2.14 bits per heavy atom. The van der Waals surface area contributed by atoms with Gasteiger partial charge in [-0.15, -0.1) is 0 Å². The molecule has 0 aromatic heterocycles. The maximum absolute atomic E-state index is 11.0. The molecule has 0 aliphatic carbocycles. The molecule has 0 aliphatic rings. The lowest BCUT2D eigenvalue weighted by Crippen LogP contribution is -2.27. The Balaban J connectivity index is 3.09. The highest BCUT2D eigenvalue weighted by Crippen LogP contribution is 1.98. The molecule has 0 aromatic carbocycles. The normalized spacial score (nSPS) is 10.6. The number of carbonyl (C=O) groups is 1. The summed E-state index contributed by atoms with van der Waals surface area (Å²) < 4.78 is 5.35. The first kappa shape index (κ1) is 13.9. The Labute approximate surface area is 94.7 Å². The van der Waals surface area contributed by atoms with Crippen LogP contribution < -0.4 is 5.32 Å². The predicted molar refractivity (Wildman–Crippen MR) is 61.7 cm³/mol. The fourth-order valence-corrected chi connectivity index (χ4v) is 1.22. The van der Waals surface area contributed by atoms with Crippen LogP contribution in [0.3, 0.4) is 0 Å². The first-order chi connectivity index (χ1) is 6.66. The summed E-state index contributed by atoms with van der Waals surface area (Å²) in [4.78, 5) is 11.0. The van der Waals surface area contributed by atoms with E-state index in [0.717, 1.165) is 13.0 Å². The van der Waals surface area contributed by atoms with E-state index in [9.17, 15) is 4.79 Å². The van der Waals surface area contributed by atoms with Crippen LogP contribution in [0, 0.1) is 5.92 Å². The minimum absolute atomic E-state index is 0.0781. The Morgan fingerprint density at radius 3 is 2.71 bits per heavy atom. The molecule has 4 heteroatoms. The first-order valence-electron chi connectivity index (χ1n) is 5.07. The predicted octanol–water partition coefficient (Wildman–Crippen LogP) is 1.95. The third-order valence-corrected chi connectivity index (χ3v) is 2.13. The van der Waals surface area contributed by atoms with Crippen LogP contribution in [-0.2, 0) is 9.53 Å². The van der Waals surface area contributed by atoms with E-state index in [4.69, 9.17) is 4.74 Å². The number of amides is 1. The molecule has 0 aliphatic heterocycles. The van der Waals surface area contributed by atoms with Crippen molar-refractivity contribution < 1.29 is 9.53 Å². The van der Waals surface area contributed by atoms with Gasteiger partial charge in [0.15, 0.2) is 0 Å². The summed E-state index contributed by atoms with van der Waals surface area (Å²) in [7, 11) is 0. The molecule has 0 radical (unpaired) electrons.